The Morgan fingerprint density at radius 3 is 2.83 bits per heavy atom. The summed E-state index contributed by atoms with van der Waals surface area (Å²) in [6, 6.07) is 0.609. The number of fused-ring (bicyclic) bond motifs is 1. The molecule has 2 rings (SSSR count). The third kappa shape index (κ3) is 0.992. The number of H-pyrrole nitrogens is 2. The first kappa shape index (κ1) is 7.61. The molecule has 2 atom stereocenters. The van der Waals surface area contributed by atoms with E-state index >= 15 is 0 Å². The highest BCUT2D eigenvalue weighted by molar-refractivity contribution is 5.24. The Bertz CT molecular complexity index is 338. The van der Waals surface area contributed by atoms with Crippen molar-refractivity contribution in [2.45, 2.75) is 32.4 Å². The van der Waals surface area contributed by atoms with Crippen molar-refractivity contribution in [2.24, 2.45) is 0 Å². The maximum absolute atomic E-state index is 11.3. The average molecular weight is 167 g/mol. The fraction of sp³-hybridized carbons (Fsp3) is 0.625. The highest BCUT2D eigenvalue weighted by atomic mass is 16.1. The molecule has 0 fully saturated rings. The Labute approximate surface area is 70.4 Å². The van der Waals surface area contributed by atoms with Crippen molar-refractivity contribution < 1.29 is 0 Å². The molecule has 66 valence electrons. The van der Waals surface area contributed by atoms with E-state index in [4.69, 9.17) is 0 Å². The highest BCUT2D eigenvalue weighted by Gasteiger charge is 2.24. The summed E-state index contributed by atoms with van der Waals surface area (Å²) in [6.45, 7) is 4.13. The van der Waals surface area contributed by atoms with Crippen molar-refractivity contribution >= 4 is 0 Å². The predicted octanol–water partition coefficient (Wildman–Crippen LogP) is 0.298. The third-order valence-corrected chi connectivity index (χ3v) is 2.37. The lowest BCUT2D eigenvalue weighted by atomic mass is 9.98. The van der Waals surface area contributed by atoms with Gasteiger partial charge in [0.2, 0.25) is 0 Å². The van der Waals surface area contributed by atoms with Crippen molar-refractivity contribution in [3.8, 4) is 0 Å². The van der Waals surface area contributed by atoms with E-state index in [1.807, 2.05) is 6.92 Å². The van der Waals surface area contributed by atoms with Crippen LogP contribution in [-0.4, -0.2) is 16.2 Å². The first-order valence-corrected chi connectivity index (χ1v) is 4.24. The van der Waals surface area contributed by atoms with E-state index in [2.05, 4.69) is 22.4 Å². The highest BCUT2D eigenvalue weighted by Crippen LogP contribution is 2.19. The lowest BCUT2D eigenvalue weighted by Crippen LogP contribution is -2.37. The number of hydrogen-bond donors (Lipinski definition) is 3. The smallest absolute Gasteiger partial charge is 0.268 e. The zero-order valence-electron chi connectivity index (χ0n) is 7.27. The minimum Gasteiger partial charge on any atom is -0.307 e. The van der Waals surface area contributed by atoms with E-state index < -0.39 is 0 Å². The Morgan fingerprint density at radius 2 is 2.08 bits per heavy atom. The van der Waals surface area contributed by atoms with Gasteiger partial charge in [0, 0.05) is 24.2 Å². The van der Waals surface area contributed by atoms with Crippen LogP contribution in [-0.2, 0) is 6.42 Å². The number of nitrogens with one attached hydrogen (secondary N) is 3. The number of hydrogen-bond acceptors (Lipinski definition) is 2. The molecule has 0 radical (unpaired) electrons. The van der Waals surface area contributed by atoms with E-state index in [0.29, 0.717) is 6.04 Å². The first-order chi connectivity index (χ1) is 5.68. The summed E-state index contributed by atoms with van der Waals surface area (Å²) >= 11 is 0. The van der Waals surface area contributed by atoms with Crippen LogP contribution in [0.1, 0.15) is 31.1 Å². The summed E-state index contributed by atoms with van der Waals surface area (Å²) in [6.07, 6.45) is 0.901. The molecule has 0 aromatic carbocycles. The van der Waals surface area contributed by atoms with E-state index in [0.717, 1.165) is 17.7 Å². The van der Waals surface area contributed by atoms with Crippen molar-refractivity contribution in [1.29, 1.82) is 0 Å². The minimum absolute atomic E-state index is 0.0110. The monoisotopic (exact) mass is 167 g/mol. The second kappa shape index (κ2) is 2.48. The van der Waals surface area contributed by atoms with Gasteiger partial charge in [0.05, 0.1) is 5.56 Å². The Hall–Kier alpha value is -1.03. The van der Waals surface area contributed by atoms with Gasteiger partial charge in [-0.1, -0.05) is 0 Å². The Morgan fingerprint density at radius 1 is 1.33 bits per heavy atom. The van der Waals surface area contributed by atoms with Gasteiger partial charge in [-0.05, 0) is 13.8 Å². The molecule has 4 nitrogen and oxygen atoms in total. The standard InChI is InChI=1S/C8H13N3O/c1-4-3-6-7(5(2)9-4)8(12)11-10-6/h4-5,9H,3H2,1-2H3,(H2,10,11,12). The van der Waals surface area contributed by atoms with Crippen LogP contribution < -0.4 is 10.9 Å². The van der Waals surface area contributed by atoms with Gasteiger partial charge in [-0.3, -0.25) is 9.89 Å². The lowest BCUT2D eigenvalue weighted by Gasteiger charge is -2.24. The maximum atomic E-state index is 11.3. The van der Waals surface area contributed by atoms with E-state index in [1.165, 1.54) is 0 Å². The van der Waals surface area contributed by atoms with Crippen LogP contribution in [0, 0.1) is 0 Å². The molecule has 1 aliphatic heterocycles. The van der Waals surface area contributed by atoms with Gasteiger partial charge in [-0.2, -0.15) is 0 Å². The first-order valence-electron chi connectivity index (χ1n) is 4.24. The van der Waals surface area contributed by atoms with Crippen LogP contribution in [0.25, 0.3) is 0 Å². The van der Waals surface area contributed by atoms with Crippen LogP contribution in [0.15, 0.2) is 4.79 Å². The fourth-order valence-corrected chi connectivity index (χ4v) is 1.90. The number of aromatic nitrogens is 2. The molecule has 2 unspecified atom stereocenters. The summed E-state index contributed by atoms with van der Waals surface area (Å²) in [5.74, 6) is 0. The molecule has 3 N–H and O–H groups in total. The molecule has 1 aromatic heterocycles. The molecular weight excluding hydrogens is 154 g/mol. The molecule has 4 heteroatoms. The molecule has 0 amide bonds. The summed E-state index contributed by atoms with van der Waals surface area (Å²) in [7, 11) is 0. The molecule has 12 heavy (non-hydrogen) atoms. The molecule has 2 heterocycles. The molecule has 0 bridgehead atoms. The summed E-state index contributed by atoms with van der Waals surface area (Å²) in [5.41, 5.74) is 1.93. The van der Waals surface area contributed by atoms with E-state index in [9.17, 15) is 4.79 Å². The van der Waals surface area contributed by atoms with E-state index in [1.54, 1.807) is 0 Å². The largest absolute Gasteiger partial charge is 0.307 e. The van der Waals surface area contributed by atoms with Crippen LogP contribution in [0.3, 0.4) is 0 Å². The summed E-state index contributed by atoms with van der Waals surface area (Å²) < 4.78 is 0. The van der Waals surface area contributed by atoms with Gasteiger partial charge in [0.15, 0.2) is 0 Å². The van der Waals surface area contributed by atoms with Crippen LogP contribution in [0.5, 0.6) is 0 Å². The Balaban J connectivity index is 2.50. The van der Waals surface area contributed by atoms with Gasteiger partial charge in [-0.25, -0.2) is 0 Å². The van der Waals surface area contributed by atoms with Crippen LogP contribution in [0.2, 0.25) is 0 Å². The number of rotatable bonds is 0. The molecule has 1 aromatic rings. The molecule has 1 aliphatic rings. The predicted molar refractivity (Wildman–Crippen MR) is 46.1 cm³/mol. The van der Waals surface area contributed by atoms with Crippen molar-refractivity contribution in [3.63, 3.8) is 0 Å². The van der Waals surface area contributed by atoms with Crippen molar-refractivity contribution in [1.82, 2.24) is 15.5 Å². The van der Waals surface area contributed by atoms with Gasteiger partial charge in [0.1, 0.15) is 0 Å². The van der Waals surface area contributed by atoms with Crippen LogP contribution in [0.4, 0.5) is 0 Å². The van der Waals surface area contributed by atoms with Crippen LogP contribution >= 0.6 is 0 Å². The van der Waals surface area contributed by atoms with Gasteiger partial charge >= 0.3 is 0 Å². The second-order valence-corrected chi connectivity index (χ2v) is 3.46. The van der Waals surface area contributed by atoms with Gasteiger partial charge in [-0.15, -0.1) is 0 Å². The molecule has 0 spiro atoms. The second-order valence-electron chi connectivity index (χ2n) is 3.46. The zero-order valence-corrected chi connectivity index (χ0v) is 7.27. The zero-order chi connectivity index (χ0) is 8.72. The number of aromatic amines is 2. The average Bonchev–Trinajstić information content (AvgIpc) is 2.31. The molecular formula is C8H13N3O. The topological polar surface area (TPSA) is 60.7 Å². The third-order valence-electron chi connectivity index (χ3n) is 2.37. The van der Waals surface area contributed by atoms with Gasteiger partial charge < -0.3 is 10.4 Å². The Kier molecular flexibility index (Phi) is 1.58. The van der Waals surface area contributed by atoms with Gasteiger partial charge in [0.25, 0.3) is 5.56 Å². The molecule has 0 saturated heterocycles. The van der Waals surface area contributed by atoms with Crippen molar-refractivity contribution in [3.05, 3.63) is 21.6 Å². The molecule has 0 saturated carbocycles. The summed E-state index contributed by atoms with van der Waals surface area (Å²) in [4.78, 5) is 11.3. The normalized spacial score (nSPS) is 28.5. The lowest BCUT2D eigenvalue weighted by molar-refractivity contribution is 0.441. The molecule has 0 aliphatic carbocycles. The fourth-order valence-electron chi connectivity index (χ4n) is 1.90. The quantitative estimate of drug-likeness (QED) is 0.520. The minimum atomic E-state index is 0.0110. The van der Waals surface area contributed by atoms with Crippen molar-refractivity contribution in [2.75, 3.05) is 0 Å². The summed E-state index contributed by atoms with van der Waals surface area (Å²) in [5, 5.41) is 8.84. The maximum Gasteiger partial charge on any atom is 0.268 e. The SMILES string of the molecule is CC1Cc2[nH][nH]c(=O)c2C(C)N1. The van der Waals surface area contributed by atoms with E-state index in [-0.39, 0.29) is 11.6 Å².